The quantitative estimate of drug-likeness (QED) is 0.674. The van der Waals surface area contributed by atoms with Gasteiger partial charge in [-0.2, -0.15) is 0 Å². The van der Waals surface area contributed by atoms with Crippen molar-refractivity contribution in [2.75, 3.05) is 11.9 Å². The predicted octanol–water partition coefficient (Wildman–Crippen LogP) is 2.09. The maximum Gasteiger partial charge on any atom is 0.251 e. The van der Waals surface area contributed by atoms with Gasteiger partial charge >= 0.3 is 0 Å². The number of halogens is 1. The van der Waals surface area contributed by atoms with Crippen LogP contribution in [-0.4, -0.2) is 24.4 Å². The molecule has 4 N–H and O–H groups in total. The molecule has 1 rings (SSSR count). The van der Waals surface area contributed by atoms with Crippen LogP contribution in [0.25, 0.3) is 0 Å². The predicted molar refractivity (Wildman–Crippen MR) is 87.7 cm³/mol. The summed E-state index contributed by atoms with van der Waals surface area (Å²) in [5.41, 5.74) is 6.80. The van der Waals surface area contributed by atoms with E-state index in [4.69, 9.17) is 5.73 Å². The van der Waals surface area contributed by atoms with Gasteiger partial charge < -0.3 is 16.4 Å². The summed E-state index contributed by atoms with van der Waals surface area (Å²) in [4.78, 5) is 23.3. The third kappa shape index (κ3) is 7.48. The average Bonchev–Trinajstić information content (AvgIpc) is 2.43. The number of nitrogens with one attached hydrogen (secondary N) is 2. The molecule has 0 aliphatic carbocycles. The third-order valence-corrected chi connectivity index (χ3v) is 2.66. The molecule has 0 aliphatic rings. The molecule has 2 amide bonds. The Morgan fingerprint density at radius 2 is 1.95 bits per heavy atom. The van der Waals surface area contributed by atoms with E-state index in [2.05, 4.69) is 17.2 Å². The molecule has 0 fully saturated rings. The second-order valence-corrected chi connectivity index (χ2v) is 4.64. The zero-order valence-corrected chi connectivity index (χ0v) is 12.9. The molecule has 116 valence electrons. The molecule has 1 atom stereocenters. The summed E-state index contributed by atoms with van der Waals surface area (Å²) in [5, 5.41) is 5.45. The summed E-state index contributed by atoms with van der Waals surface area (Å²) < 4.78 is 0. The summed E-state index contributed by atoms with van der Waals surface area (Å²) in [7, 11) is 0. The molecule has 0 aromatic heterocycles. The van der Waals surface area contributed by atoms with E-state index in [1.807, 2.05) is 6.92 Å². The number of carbonyl (C=O) groups is 2. The highest BCUT2D eigenvalue weighted by Crippen LogP contribution is 2.10. The van der Waals surface area contributed by atoms with Crippen molar-refractivity contribution in [1.29, 1.82) is 0 Å². The molecule has 0 heterocycles. The highest BCUT2D eigenvalue weighted by atomic mass is 35.5. The summed E-state index contributed by atoms with van der Waals surface area (Å²) >= 11 is 0. The molecule has 0 spiro atoms. The van der Waals surface area contributed by atoms with Gasteiger partial charge in [0.05, 0.1) is 0 Å². The lowest BCUT2D eigenvalue weighted by Gasteiger charge is -2.08. The number of anilines is 1. The Kier molecular flexibility index (Phi) is 9.08. The van der Waals surface area contributed by atoms with Crippen molar-refractivity contribution >= 4 is 29.9 Å². The zero-order valence-electron chi connectivity index (χ0n) is 12.1. The van der Waals surface area contributed by atoms with Crippen molar-refractivity contribution in [2.45, 2.75) is 25.8 Å². The maximum absolute atomic E-state index is 11.7. The van der Waals surface area contributed by atoms with Crippen molar-refractivity contribution in [3.63, 3.8) is 0 Å². The summed E-state index contributed by atoms with van der Waals surface area (Å²) in [6.07, 6.45) is 2.65. The van der Waals surface area contributed by atoms with E-state index < -0.39 is 0 Å². The molecule has 0 bridgehead atoms. The summed E-state index contributed by atoms with van der Waals surface area (Å²) in [6.45, 7) is 5.82. The van der Waals surface area contributed by atoms with E-state index in [0.29, 0.717) is 30.6 Å². The van der Waals surface area contributed by atoms with Gasteiger partial charge in [0, 0.05) is 30.3 Å². The second kappa shape index (κ2) is 9.96. The Labute approximate surface area is 131 Å². The van der Waals surface area contributed by atoms with Crippen LogP contribution in [0.4, 0.5) is 5.69 Å². The van der Waals surface area contributed by atoms with Crippen LogP contribution < -0.4 is 16.4 Å². The average molecular weight is 312 g/mol. The van der Waals surface area contributed by atoms with Crippen molar-refractivity contribution in [3.05, 3.63) is 42.5 Å². The van der Waals surface area contributed by atoms with Gasteiger partial charge in [-0.25, -0.2) is 0 Å². The van der Waals surface area contributed by atoms with Gasteiger partial charge in [0.15, 0.2) is 0 Å². The highest BCUT2D eigenvalue weighted by Gasteiger charge is 2.06. The number of nitrogens with two attached hydrogens (primary N) is 1. The molecular formula is C15H22ClN3O2. The molecule has 21 heavy (non-hydrogen) atoms. The molecular weight excluding hydrogens is 290 g/mol. The molecule has 1 unspecified atom stereocenters. The van der Waals surface area contributed by atoms with Crippen LogP contribution in [0.15, 0.2) is 36.9 Å². The second-order valence-electron chi connectivity index (χ2n) is 4.64. The lowest BCUT2D eigenvalue weighted by atomic mass is 10.1. The fourth-order valence-corrected chi connectivity index (χ4v) is 1.55. The van der Waals surface area contributed by atoms with Crippen molar-refractivity contribution in [1.82, 2.24) is 5.32 Å². The van der Waals surface area contributed by atoms with Gasteiger partial charge in [0.1, 0.15) is 0 Å². The molecule has 5 nitrogen and oxygen atoms in total. The van der Waals surface area contributed by atoms with Gasteiger partial charge in [-0.3, -0.25) is 9.59 Å². The molecule has 1 aromatic carbocycles. The monoisotopic (exact) mass is 311 g/mol. The van der Waals surface area contributed by atoms with Gasteiger partial charge in [-0.1, -0.05) is 6.08 Å². The number of carbonyl (C=O) groups excluding carboxylic acids is 2. The third-order valence-electron chi connectivity index (χ3n) is 2.66. The van der Waals surface area contributed by atoms with Crippen LogP contribution in [0.3, 0.4) is 0 Å². The van der Waals surface area contributed by atoms with Crippen LogP contribution in [0, 0.1) is 0 Å². The first-order valence-corrected chi connectivity index (χ1v) is 6.57. The highest BCUT2D eigenvalue weighted by molar-refractivity contribution is 5.95. The maximum atomic E-state index is 11.7. The van der Waals surface area contributed by atoms with Crippen LogP contribution in [0.1, 0.15) is 30.1 Å². The number of benzene rings is 1. The lowest BCUT2D eigenvalue weighted by molar-refractivity contribution is -0.116. The number of rotatable bonds is 7. The summed E-state index contributed by atoms with van der Waals surface area (Å²) in [5.74, 6) is -0.245. The lowest BCUT2D eigenvalue weighted by Crippen LogP contribution is -2.23. The van der Waals surface area contributed by atoms with Gasteiger partial charge in [-0.05, 0) is 37.6 Å². The van der Waals surface area contributed by atoms with Gasteiger partial charge in [-0.15, -0.1) is 19.0 Å². The Balaban J connectivity index is 0.00000400. The first kappa shape index (κ1) is 19.1. The Bertz CT molecular complexity index is 472. The standard InChI is InChI=1S/C15H21N3O2.ClH/c1-3-10-17-15(20)12-5-7-13(8-6-12)18-14(19)9-4-11(2)16;/h3,5-8,11H,1,4,9-10,16H2,2H3,(H,17,20)(H,18,19);1H. The van der Waals surface area contributed by atoms with Gasteiger partial charge in [0.2, 0.25) is 5.91 Å². The van der Waals surface area contributed by atoms with Crippen molar-refractivity contribution in [3.8, 4) is 0 Å². The first-order valence-electron chi connectivity index (χ1n) is 6.57. The van der Waals surface area contributed by atoms with Crippen LogP contribution in [0.2, 0.25) is 0 Å². The normalized spacial score (nSPS) is 11.0. The first-order chi connectivity index (χ1) is 9.52. The SMILES string of the molecule is C=CCNC(=O)c1ccc(NC(=O)CCC(C)N)cc1.Cl. The van der Waals surface area contributed by atoms with Crippen molar-refractivity contribution < 1.29 is 9.59 Å². The largest absolute Gasteiger partial charge is 0.349 e. The Morgan fingerprint density at radius 1 is 1.33 bits per heavy atom. The zero-order chi connectivity index (χ0) is 15.0. The minimum atomic E-state index is -0.167. The van der Waals surface area contributed by atoms with E-state index >= 15 is 0 Å². The van der Waals surface area contributed by atoms with E-state index in [0.717, 1.165) is 0 Å². The minimum absolute atomic E-state index is 0. The van der Waals surface area contributed by atoms with E-state index in [1.54, 1.807) is 30.3 Å². The fourth-order valence-electron chi connectivity index (χ4n) is 1.55. The fraction of sp³-hybridized carbons (Fsp3) is 0.333. The smallest absolute Gasteiger partial charge is 0.251 e. The Morgan fingerprint density at radius 3 is 2.48 bits per heavy atom. The number of hydrogen-bond donors (Lipinski definition) is 3. The molecule has 0 saturated carbocycles. The molecule has 0 saturated heterocycles. The number of amides is 2. The van der Waals surface area contributed by atoms with E-state index in [9.17, 15) is 9.59 Å². The summed E-state index contributed by atoms with van der Waals surface area (Å²) in [6, 6.07) is 6.75. The van der Waals surface area contributed by atoms with E-state index in [1.165, 1.54) is 0 Å². The number of hydrogen-bond acceptors (Lipinski definition) is 3. The molecule has 0 radical (unpaired) electrons. The topological polar surface area (TPSA) is 84.2 Å². The van der Waals surface area contributed by atoms with Crippen LogP contribution >= 0.6 is 12.4 Å². The minimum Gasteiger partial charge on any atom is -0.349 e. The van der Waals surface area contributed by atoms with E-state index in [-0.39, 0.29) is 30.3 Å². The molecule has 1 aromatic rings. The molecule has 0 aliphatic heterocycles. The van der Waals surface area contributed by atoms with Crippen molar-refractivity contribution in [2.24, 2.45) is 5.73 Å². The van der Waals surface area contributed by atoms with Crippen LogP contribution in [-0.2, 0) is 4.79 Å². The van der Waals surface area contributed by atoms with Crippen LogP contribution in [0.5, 0.6) is 0 Å². The Hall–Kier alpha value is -1.85. The molecule has 6 heteroatoms. The van der Waals surface area contributed by atoms with Gasteiger partial charge in [0.25, 0.3) is 5.91 Å².